The molecule has 1 heteroatoms. The third kappa shape index (κ3) is 9.43. The normalized spacial score (nSPS) is 11.9. The molecule has 0 aromatic heterocycles. The first-order valence-electron chi connectivity index (χ1n) is 5.37. The summed E-state index contributed by atoms with van der Waals surface area (Å²) in [4.78, 5) is 0. The van der Waals surface area contributed by atoms with E-state index in [2.05, 4.69) is 18.8 Å². The smallest absolute Gasteiger partial charge is 0.0465 e. The van der Waals surface area contributed by atoms with Crippen LogP contribution in [0.1, 0.15) is 52.4 Å². The van der Waals surface area contributed by atoms with Crippen LogP contribution in [0.3, 0.4) is 0 Å². The van der Waals surface area contributed by atoms with Crippen molar-refractivity contribution < 1.29 is 5.11 Å². The molecule has 0 rings (SSSR count). The SMILES string of the molecule is CCCCCCC#CCC(C)CO. The molecule has 0 aliphatic carbocycles. The Morgan fingerprint density at radius 3 is 2.54 bits per heavy atom. The van der Waals surface area contributed by atoms with Gasteiger partial charge in [0, 0.05) is 19.4 Å². The average molecular weight is 182 g/mol. The molecular weight excluding hydrogens is 160 g/mol. The first-order valence-corrected chi connectivity index (χ1v) is 5.37. The summed E-state index contributed by atoms with van der Waals surface area (Å²) in [6.45, 7) is 4.49. The van der Waals surface area contributed by atoms with Gasteiger partial charge in [-0.15, -0.1) is 11.8 Å². The third-order valence-corrected chi connectivity index (χ3v) is 2.04. The van der Waals surface area contributed by atoms with Gasteiger partial charge in [0.1, 0.15) is 0 Å². The van der Waals surface area contributed by atoms with E-state index in [1.54, 1.807) is 0 Å². The Kier molecular flexibility index (Phi) is 9.25. The van der Waals surface area contributed by atoms with Gasteiger partial charge < -0.3 is 5.11 Å². The van der Waals surface area contributed by atoms with Gasteiger partial charge in [0.05, 0.1) is 0 Å². The van der Waals surface area contributed by atoms with Crippen LogP contribution in [0.15, 0.2) is 0 Å². The van der Waals surface area contributed by atoms with E-state index >= 15 is 0 Å². The van der Waals surface area contributed by atoms with Crippen molar-refractivity contribution in [1.82, 2.24) is 0 Å². The number of rotatable bonds is 6. The predicted octanol–water partition coefficient (Wildman–Crippen LogP) is 2.98. The second-order valence-electron chi connectivity index (χ2n) is 3.66. The lowest BCUT2D eigenvalue weighted by molar-refractivity contribution is 0.240. The van der Waals surface area contributed by atoms with Crippen molar-refractivity contribution in [2.75, 3.05) is 6.61 Å². The molecule has 0 aromatic carbocycles. The highest BCUT2D eigenvalue weighted by molar-refractivity contribution is 4.99. The van der Waals surface area contributed by atoms with E-state index in [9.17, 15) is 0 Å². The number of hydrogen-bond acceptors (Lipinski definition) is 1. The second kappa shape index (κ2) is 9.61. The first kappa shape index (κ1) is 12.5. The Labute approximate surface area is 82.5 Å². The van der Waals surface area contributed by atoms with Gasteiger partial charge in [-0.2, -0.15) is 0 Å². The van der Waals surface area contributed by atoms with E-state index in [4.69, 9.17) is 5.11 Å². The van der Waals surface area contributed by atoms with Gasteiger partial charge in [-0.3, -0.25) is 0 Å². The van der Waals surface area contributed by atoms with E-state index in [1.807, 2.05) is 6.92 Å². The summed E-state index contributed by atoms with van der Waals surface area (Å²) in [5.41, 5.74) is 0. The zero-order chi connectivity index (χ0) is 9.94. The quantitative estimate of drug-likeness (QED) is 0.494. The van der Waals surface area contributed by atoms with Crippen LogP contribution in [-0.2, 0) is 0 Å². The van der Waals surface area contributed by atoms with Crippen LogP contribution in [0.5, 0.6) is 0 Å². The fourth-order valence-electron chi connectivity index (χ4n) is 1.04. The van der Waals surface area contributed by atoms with Gasteiger partial charge in [0.25, 0.3) is 0 Å². The topological polar surface area (TPSA) is 20.2 Å². The number of aliphatic hydroxyl groups excluding tert-OH is 1. The summed E-state index contributed by atoms with van der Waals surface area (Å²) >= 11 is 0. The summed E-state index contributed by atoms with van der Waals surface area (Å²) in [6, 6.07) is 0. The van der Waals surface area contributed by atoms with Crippen molar-refractivity contribution >= 4 is 0 Å². The molecule has 13 heavy (non-hydrogen) atoms. The molecule has 0 fully saturated rings. The maximum absolute atomic E-state index is 8.74. The van der Waals surface area contributed by atoms with Crippen LogP contribution in [0, 0.1) is 17.8 Å². The lowest BCUT2D eigenvalue weighted by Gasteiger charge is -1.99. The minimum absolute atomic E-state index is 0.254. The summed E-state index contributed by atoms with van der Waals surface area (Å²) in [5, 5.41) is 8.74. The molecule has 76 valence electrons. The maximum atomic E-state index is 8.74. The molecule has 1 unspecified atom stereocenters. The second-order valence-corrected chi connectivity index (χ2v) is 3.66. The molecule has 0 bridgehead atoms. The summed E-state index contributed by atoms with van der Waals surface area (Å²) in [7, 11) is 0. The molecule has 1 N–H and O–H groups in total. The zero-order valence-electron chi connectivity index (χ0n) is 8.97. The molecule has 0 aromatic rings. The molecule has 0 spiro atoms. The van der Waals surface area contributed by atoms with Crippen LogP contribution >= 0.6 is 0 Å². The average Bonchev–Trinajstić information content (AvgIpc) is 2.16. The highest BCUT2D eigenvalue weighted by atomic mass is 16.3. The Morgan fingerprint density at radius 2 is 1.92 bits per heavy atom. The Bertz CT molecular complexity index is 152. The summed E-state index contributed by atoms with van der Waals surface area (Å²) < 4.78 is 0. The van der Waals surface area contributed by atoms with Crippen LogP contribution in [0.25, 0.3) is 0 Å². The molecule has 0 saturated heterocycles. The Morgan fingerprint density at radius 1 is 1.15 bits per heavy atom. The molecule has 0 aliphatic rings. The van der Waals surface area contributed by atoms with Crippen molar-refractivity contribution in [2.45, 2.75) is 52.4 Å². The highest BCUT2D eigenvalue weighted by Gasteiger charge is 1.93. The van der Waals surface area contributed by atoms with E-state index in [-0.39, 0.29) is 6.61 Å². The Balaban J connectivity index is 3.20. The highest BCUT2D eigenvalue weighted by Crippen LogP contribution is 2.02. The van der Waals surface area contributed by atoms with Crippen molar-refractivity contribution in [3.05, 3.63) is 0 Å². The van der Waals surface area contributed by atoms with Gasteiger partial charge in [-0.1, -0.05) is 33.1 Å². The third-order valence-electron chi connectivity index (χ3n) is 2.04. The zero-order valence-corrected chi connectivity index (χ0v) is 8.97. The van der Waals surface area contributed by atoms with E-state index < -0.39 is 0 Å². The summed E-state index contributed by atoms with van der Waals surface area (Å²) in [5.74, 6) is 6.59. The lowest BCUT2D eigenvalue weighted by atomic mass is 10.1. The molecule has 0 heterocycles. The number of aliphatic hydroxyl groups is 1. The molecule has 1 nitrogen and oxygen atoms in total. The minimum Gasteiger partial charge on any atom is -0.396 e. The maximum Gasteiger partial charge on any atom is 0.0465 e. The minimum atomic E-state index is 0.254. The van der Waals surface area contributed by atoms with E-state index in [1.165, 1.54) is 25.7 Å². The molecule has 1 atom stereocenters. The van der Waals surface area contributed by atoms with Crippen molar-refractivity contribution in [1.29, 1.82) is 0 Å². The Hall–Kier alpha value is -0.480. The van der Waals surface area contributed by atoms with Crippen molar-refractivity contribution in [2.24, 2.45) is 5.92 Å². The van der Waals surface area contributed by atoms with E-state index in [0.717, 1.165) is 12.8 Å². The summed E-state index contributed by atoms with van der Waals surface area (Å²) in [6.07, 6.45) is 7.02. The molecule has 0 aliphatic heterocycles. The largest absolute Gasteiger partial charge is 0.396 e. The van der Waals surface area contributed by atoms with Gasteiger partial charge in [0.15, 0.2) is 0 Å². The molecule has 0 amide bonds. The van der Waals surface area contributed by atoms with Crippen LogP contribution in [0.2, 0.25) is 0 Å². The van der Waals surface area contributed by atoms with Crippen molar-refractivity contribution in [3.8, 4) is 11.8 Å². The van der Waals surface area contributed by atoms with E-state index in [0.29, 0.717) is 5.92 Å². The molecule has 0 saturated carbocycles. The van der Waals surface area contributed by atoms with Gasteiger partial charge in [0.2, 0.25) is 0 Å². The van der Waals surface area contributed by atoms with Crippen LogP contribution < -0.4 is 0 Å². The number of hydrogen-bond donors (Lipinski definition) is 1. The van der Waals surface area contributed by atoms with Gasteiger partial charge >= 0.3 is 0 Å². The monoisotopic (exact) mass is 182 g/mol. The first-order chi connectivity index (χ1) is 6.31. The number of unbranched alkanes of at least 4 members (excludes halogenated alkanes) is 4. The van der Waals surface area contributed by atoms with Crippen molar-refractivity contribution in [3.63, 3.8) is 0 Å². The lowest BCUT2D eigenvalue weighted by Crippen LogP contribution is -1.97. The van der Waals surface area contributed by atoms with Gasteiger partial charge in [-0.25, -0.2) is 0 Å². The van der Waals surface area contributed by atoms with Crippen LogP contribution in [-0.4, -0.2) is 11.7 Å². The molecular formula is C12H22O. The fourth-order valence-corrected chi connectivity index (χ4v) is 1.04. The predicted molar refractivity (Wildman–Crippen MR) is 57.4 cm³/mol. The standard InChI is InChI=1S/C12H22O/c1-3-4-5-6-7-8-9-10-12(2)11-13/h12-13H,3-7,10-11H2,1-2H3. The fraction of sp³-hybridized carbons (Fsp3) is 0.833. The van der Waals surface area contributed by atoms with Crippen LogP contribution in [0.4, 0.5) is 0 Å². The van der Waals surface area contributed by atoms with Gasteiger partial charge in [-0.05, 0) is 12.3 Å². The molecule has 0 radical (unpaired) electrons.